The molecule has 0 aliphatic carbocycles. The van der Waals surface area contributed by atoms with E-state index in [1.54, 1.807) is 12.3 Å². The number of carbonyl (C=O) groups is 1. The van der Waals surface area contributed by atoms with Crippen molar-refractivity contribution in [2.45, 2.75) is 12.6 Å². The molecule has 0 bridgehead atoms. The molecule has 0 saturated carbocycles. The Kier molecular flexibility index (Phi) is 3.38. The lowest BCUT2D eigenvalue weighted by molar-refractivity contribution is 0.212. The van der Waals surface area contributed by atoms with Crippen LogP contribution < -0.4 is 5.73 Å². The quantitative estimate of drug-likeness (QED) is 0.671. The van der Waals surface area contributed by atoms with E-state index in [1.807, 2.05) is 0 Å². The molecule has 2 rings (SSSR count). The van der Waals surface area contributed by atoms with Gasteiger partial charge in [-0.2, -0.15) is 4.99 Å². The minimum absolute atomic E-state index is 0.0354. The van der Waals surface area contributed by atoms with Crippen molar-refractivity contribution in [1.82, 2.24) is 19.9 Å². The maximum absolute atomic E-state index is 11.6. The number of carbonyl (C=O) groups excluding carboxylic acids is 1. The van der Waals surface area contributed by atoms with Crippen molar-refractivity contribution in [3.63, 3.8) is 0 Å². The summed E-state index contributed by atoms with van der Waals surface area (Å²) in [7, 11) is 0. The van der Waals surface area contributed by atoms with Gasteiger partial charge in [-0.15, -0.1) is 11.7 Å². The van der Waals surface area contributed by atoms with E-state index in [2.05, 4.69) is 21.9 Å². The van der Waals surface area contributed by atoms with Gasteiger partial charge in [0.2, 0.25) is 0 Å². The average molecular weight is 250 g/mol. The highest BCUT2D eigenvalue weighted by molar-refractivity contribution is 6.03. The second-order valence-corrected chi connectivity index (χ2v) is 3.79. The van der Waals surface area contributed by atoms with E-state index in [1.165, 1.54) is 9.58 Å². The van der Waals surface area contributed by atoms with E-state index >= 15 is 0 Å². The van der Waals surface area contributed by atoms with Gasteiger partial charge >= 0.3 is 6.03 Å². The highest BCUT2D eigenvalue weighted by atomic mass is 16.3. The van der Waals surface area contributed by atoms with Gasteiger partial charge in [0.1, 0.15) is 17.6 Å². The highest BCUT2D eigenvalue weighted by Gasteiger charge is 2.35. The first-order valence-electron chi connectivity index (χ1n) is 5.43. The minimum atomic E-state index is -0.511. The first-order chi connectivity index (χ1) is 8.67. The van der Waals surface area contributed by atoms with Crippen molar-refractivity contribution in [3.8, 4) is 0 Å². The number of hydrogen-bond donors (Lipinski definition) is 2. The Hall–Kier alpha value is -2.22. The predicted molar refractivity (Wildman–Crippen MR) is 63.8 cm³/mol. The molecule has 0 fully saturated rings. The van der Waals surface area contributed by atoms with Crippen LogP contribution in [-0.2, 0) is 6.54 Å². The normalized spacial score (nSPS) is 19.2. The van der Waals surface area contributed by atoms with Crippen LogP contribution in [-0.4, -0.2) is 50.0 Å². The van der Waals surface area contributed by atoms with Crippen LogP contribution >= 0.6 is 0 Å². The van der Waals surface area contributed by atoms with Gasteiger partial charge in [-0.25, -0.2) is 9.48 Å². The summed E-state index contributed by atoms with van der Waals surface area (Å²) < 4.78 is 1.48. The van der Waals surface area contributed by atoms with E-state index in [4.69, 9.17) is 10.8 Å². The van der Waals surface area contributed by atoms with Gasteiger partial charge in [-0.3, -0.25) is 0 Å². The maximum Gasteiger partial charge on any atom is 0.346 e. The Bertz CT molecular complexity index is 494. The lowest BCUT2D eigenvalue weighted by atomic mass is 10.2. The zero-order valence-electron chi connectivity index (χ0n) is 9.73. The van der Waals surface area contributed by atoms with E-state index in [0.717, 1.165) is 0 Å². The van der Waals surface area contributed by atoms with Crippen LogP contribution in [0.1, 0.15) is 11.7 Å². The third-order valence-corrected chi connectivity index (χ3v) is 2.55. The third kappa shape index (κ3) is 2.09. The third-order valence-electron chi connectivity index (χ3n) is 2.55. The first kappa shape index (κ1) is 12.2. The second kappa shape index (κ2) is 4.96. The second-order valence-electron chi connectivity index (χ2n) is 3.79. The van der Waals surface area contributed by atoms with Crippen LogP contribution in [0.15, 0.2) is 23.8 Å². The summed E-state index contributed by atoms with van der Waals surface area (Å²) in [4.78, 5) is 16.8. The number of nitrogens with two attached hydrogens (primary N) is 1. The Morgan fingerprint density at radius 3 is 3.06 bits per heavy atom. The summed E-state index contributed by atoms with van der Waals surface area (Å²) in [6.07, 6.45) is 3.23. The van der Waals surface area contributed by atoms with Gasteiger partial charge in [0.25, 0.3) is 0 Å². The predicted octanol–water partition coefficient (Wildman–Crippen LogP) is -0.710. The monoisotopic (exact) mass is 250 g/mol. The van der Waals surface area contributed by atoms with Crippen molar-refractivity contribution < 1.29 is 9.90 Å². The number of aliphatic hydroxyl groups is 1. The largest absolute Gasteiger partial charge is 0.394 e. The number of hydrogen-bond acceptors (Lipinski definition) is 5. The van der Waals surface area contributed by atoms with Crippen LogP contribution in [0.25, 0.3) is 0 Å². The summed E-state index contributed by atoms with van der Waals surface area (Å²) in [6.45, 7) is 4.22. The van der Waals surface area contributed by atoms with Crippen LogP contribution in [0.3, 0.4) is 0 Å². The first-order valence-corrected chi connectivity index (χ1v) is 5.43. The fourth-order valence-corrected chi connectivity index (χ4v) is 1.79. The average Bonchev–Trinajstić information content (AvgIpc) is 2.86. The van der Waals surface area contributed by atoms with Crippen molar-refractivity contribution in [1.29, 1.82) is 0 Å². The molecule has 0 aromatic carbocycles. The molecule has 1 atom stereocenters. The summed E-state index contributed by atoms with van der Waals surface area (Å²) in [5, 5.41) is 16.6. The fourth-order valence-electron chi connectivity index (χ4n) is 1.79. The van der Waals surface area contributed by atoms with Crippen LogP contribution in [0.4, 0.5) is 4.79 Å². The molecule has 1 aromatic rings. The molecular weight excluding hydrogens is 236 g/mol. The fraction of sp³-hybridized carbons (Fsp3) is 0.400. The Morgan fingerprint density at radius 1 is 1.61 bits per heavy atom. The standard InChI is InChI=1S/C10H14N6O2/c1-2-3-16-8(9(11)12-10(16)18)7-6-15(4-5-17)14-13-7/h2,6,8,17H,1,3-5H2,(H2,11,12,18). The Morgan fingerprint density at radius 2 is 2.39 bits per heavy atom. The molecule has 96 valence electrons. The molecule has 0 saturated heterocycles. The minimum Gasteiger partial charge on any atom is -0.394 e. The van der Waals surface area contributed by atoms with E-state index in [-0.39, 0.29) is 12.4 Å². The van der Waals surface area contributed by atoms with Gasteiger partial charge in [0.15, 0.2) is 0 Å². The molecular formula is C10H14N6O2. The molecule has 8 heteroatoms. The molecule has 18 heavy (non-hydrogen) atoms. The molecule has 1 aromatic heterocycles. The topological polar surface area (TPSA) is 110 Å². The Labute approximate surface area is 103 Å². The highest BCUT2D eigenvalue weighted by Crippen LogP contribution is 2.24. The number of rotatable bonds is 5. The molecule has 0 spiro atoms. The number of nitrogens with zero attached hydrogens (tertiary/aromatic N) is 5. The number of aromatic nitrogens is 3. The maximum atomic E-state index is 11.6. The Balaban J connectivity index is 2.25. The number of amides is 2. The van der Waals surface area contributed by atoms with E-state index in [9.17, 15) is 4.79 Å². The molecule has 3 N–H and O–H groups in total. The molecule has 2 heterocycles. The van der Waals surface area contributed by atoms with E-state index < -0.39 is 12.1 Å². The number of urea groups is 1. The number of aliphatic hydroxyl groups excluding tert-OH is 1. The van der Waals surface area contributed by atoms with Crippen LogP contribution in [0.5, 0.6) is 0 Å². The van der Waals surface area contributed by atoms with Gasteiger partial charge in [0.05, 0.1) is 19.3 Å². The van der Waals surface area contributed by atoms with Crippen molar-refractivity contribution in [2.75, 3.05) is 13.2 Å². The number of amidine groups is 1. The molecule has 1 aliphatic heterocycles. The lowest BCUT2D eigenvalue weighted by Gasteiger charge is -2.20. The lowest BCUT2D eigenvalue weighted by Crippen LogP contribution is -2.33. The summed E-state index contributed by atoms with van der Waals surface area (Å²) in [5.41, 5.74) is 6.26. The molecule has 8 nitrogen and oxygen atoms in total. The summed E-state index contributed by atoms with van der Waals surface area (Å²) in [6, 6.07) is -0.919. The van der Waals surface area contributed by atoms with Gasteiger partial charge in [-0.1, -0.05) is 11.3 Å². The molecule has 1 aliphatic rings. The van der Waals surface area contributed by atoms with Crippen molar-refractivity contribution in [2.24, 2.45) is 10.7 Å². The summed E-state index contributed by atoms with van der Waals surface area (Å²) >= 11 is 0. The van der Waals surface area contributed by atoms with Crippen LogP contribution in [0.2, 0.25) is 0 Å². The van der Waals surface area contributed by atoms with Crippen molar-refractivity contribution in [3.05, 3.63) is 24.5 Å². The molecule has 2 amide bonds. The van der Waals surface area contributed by atoms with Gasteiger partial charge in [-0.05, 0) is 0 Å². The van der Waals surface area contributed by atoms with Gasteiger partial charge < -0.3 is 15.7 Å². The number of aliphatic imine (C=N–C) groups is 1. The SMILES string of the molecule is C=CCN1C(=O)N=C(N)C1c1cn(CCO)nn1. The zero-order valence-corrected chi connectivity index (χ0v) is 9.73. The van der Waals surface area contributed by atoms with Gasteiger partial charge in [0, 0.05) is 6.54 Å². The zero-order chi connectivity index (χ0) is 13.1. The molecule has 0 radical (unpaired) electrons. The molecule has 1 unspecified atom stereocenters. The summed E-state index contributed by atoms with van der Waals surface area (Å²) in [5.74, 6) is 0.192. The van der Waals surface area contributed by atoms with Crippen LogP contribution in [0, 0.1) is 0 Å². The van der Waals surface area contributed by atoms with E-state index in [0.29, 0.717) is 18.8 Å². The smallest absolute Gasteiger partial charge is 0.346 e. The van der Waals surface area contributed by atoms with Crippen molar-refractivity contribution >= 4 is 11.9 Å².